The summed E-state index contributed by atoms with van der Waals surface area (Å²) in [6.07, 6.45) is 2.96. The number of thiol groups is 1. The lowest BCUT2D eigenvalue weighted by molar-refractivity contribution is 0.577. The maximum Gasteiger partial charge on any atom is 0.134 e. The average molecular weight is 265 g/mol. The molecule has 0 saturated heterocycles. The van der Waals surface area contributed by atoms with Crippen LogP contribution in [0.15, 0.2) is 22.7 Å². The molecule has 0 N–H and O–H groups in total. The Labute approximate surface area is 89.2 Å². The van der Waals surface area contributed by atoms with Crippen molar-refractivity contribution < 1.29 is 8.78 Å². The molecule has 13 heavy (non-hydrogen) atoms. The lowest BCUT2D eigenvalue weighted by atomic mass is 10.2. The zero-order valence-electron chi connectivity index (χ0n) is 6.60. The number of halogens is 3. The Kier molecular flexibility index (Phi) is 3.93. The molecule has 0 unspecified atom stereocenters. The number of hydrogen-bond donors (Lipinski definition) is 1. The van der Waals surface area contributed by atoms with Gasteiger partial charge in [-0.2, -0.15) is 12.6 Å². The molecule has 1 aromatic rings. The van der Waals surface area contributed by atoms with Crippen LogP contribution in [-0.2, 0) is 0 Å². The van der Waals surface area contributed by atoms with Crippen LogP contribution in [0.3, 0.4) is 0 Å². The van der Waals surface area contributed by atoms with Crippen molar-refractivity contribution in [2.24, 2.45) is 0 Å². The molecule has 0 bridgehead atoms. The molecule has 4 heteroatoms. The minimum absolute atomic E-state index is 0.0303. The molecule has 0 nitrogen and oxygen atoms in total. The monoisotopic (exact) mass is 264 g/mol. The topological polar surface area (TPSA) is 0 Å². The minimum atomic E-state index is -0.579. The van der Waals surface area contributed by atoms with Gasteiger partial charge in [0.05, 0.1) is 0 Å². The summed E-state index contributed by atoms with van der Waals surface area (Å²) in [5.41, 5.74) is -0.0303. The highest BCUT2D eigenvalue weighted by atomic mass is 79.9. The van der Waals surface area contributed by atoms with E-state index in [0.29, 0.717) is 10.2 Å². The third kappa shape index (κ3) is 2.81. The van der Waals surface area contributed by atoms with Crippen LogP contribution in [0.4, 0.5) is 8.78 Å². The Morgan fingerprint density at radius 2 is 1.85 bits per heavy atom. The molecular weight excluding hydrogens is 258 g/mol. The highest BCUT2D eigenvalue weighted by Crippen LogP contribution is 2.20. The van der Waals surface area contributed by atoms with Gasteiger partial charge < -0.3 is 0 Å². The Balaban J connectivity index is 3.13. The largest absolute Gasteiger partial charge is 0.206 e. The van der Waals surface area contributed by atoms with Crippen molar-refractivity contribution in [3.8, 4) is 0 Å². The zero-order valence-corrected chi connectivity index (χ0v) is 9.08. The van der Waals surface area contributed by atoms with Gasteiger partial charge in [0.2, 0.25) is 0 Å². The van der Waals surface area contributed by atoms with Gasteiger partial charge in [0, 0.05) is 15.8 Å². The molecular formula is C9H7BrF2S. The van der Waals surface area contributed by atoms with Crippen molar-refractivity contribution in [1.82, 2.24) is 0 Å². The number of hydrogen-bond acceptors (Lipinski definition) is 1. The second-order valence-corrected chi connectivity index (χ2v) is 3.65. The smallest absolute Gasteiger partial charge is 0.134 e. The van der Waals surface area contributed by atoms with Crippen LogP contribution in [0, 0.1) is 11.6 Å². The van der Waals surface area contributed by atoms with Crippen LogP contribution in [0.5, 0.6) is 0 Å². The van der Waals surface area contributed by atoms with Gasteiger partial charge in [-0.15, -0.1) is 0 Å². The first-order valence-electron chi connectivity index (χ1n) is 3.57. The van der Waals surface area contributed by atoms with Gasteiger partial charge in [-0.05, 0) is 12.1 Å². The summed E-state index contributed by atoms with van der Waals surface area (Å²) in [6.45, 7) is 0. The quantitative estimate of drug-likeness (QED) is 0.775. The second-order valence-electron chi connectivity index (χ2n) is 2.37. The fourth-order valence-corrected chi connectivity index (χ4v) is 1.39. The summed E-state index contributed by atoms with van der Waals surface area (Å²) in [4.78, 5) is 0. The lowest BCUT2D eigenvalue weighted by Crippen LogP contribution is -1.88. The standard InChI is InChI=1S/C9H7BrF2S/c10-6-4-8(11)7(2-1-3-13)9(12)5-6/h1-2,4-5,13H,3H2. The van der Waals surface area contributed by atoms with Crippen molar-refractivity contribution in [1.29, 1.82) is 0 Å². The summed E-state index contributed by atoms with van der Waals surface area (Å²) in [7, 11) is 0. The van der Waals surface area contributed by atoms with Gasteiger partial charge in [0.15, 0.2) is 0 Å². The van der Waals surface area contributed by atoms with Crippen LogP contribution >= 0.6 is 28.6 Å². The molecule has 70 valence electrons. The minimum Gasteiger partial charge on any atom is -0.206 e. The lowest BCUT2D eigenvalue weighted by Gasteiger charge is -1.99. The van der Waals surface area contributed by atoms with Crippen molar-refractivity contribution in [3.05, 3.63) is 39.9 Å². The van der Waals surface area contributed by atoms with E-state index in [1.807, 2.05) is 0 Å². The molecule has 1 rings (SSSR count). The van der Waals surface area contributed by atoms with Gasteiger partial charge in [-0.3, -0.25) is 0 Å². The van der Waals surface area contributed by atoms with E-state index in [2.05, 4.69) is 28.6 Å². The molecule has 0 amide bonds. The Bertz CT molecular complexity index is 313. The molecule has 0 aliphatic heterocycles. The molecule has 0 aliphatic carbocycles. The highest BCUT2D eigenvalue weighted by Gasteiger charge is 2.06. The second kappa shape index (κ2) is 4.77. The first kappa shape index (κ1) is 10.7. The fraction of sp³-hybridized carbons (Fsp3) is 0.111. The zero-order chi connectivity index (χ0) is 9.84. The third-order valence-corrected chi connectivity index (χ3v) is 2.10. The summed E-state index contributed by atoms with van der Waals surface area (Å²) in [5, 5.41) is 0. The fourth-order valence-electron chi connectivity index (χ4n) is 0.883. The van der Waals surface area contributed by atoms with Gasteiger partial charge in [-0.25, -0.2) is 8.78 Å². The van der Waals surface area contributed by atoms with Gasteiger partial charge in [0.25, 0.3) is 0 Å². The maximum atomic E-state index is 13.1. The van der Waals surface area contributed by atoms with Crippen molar-refractivity contribution in [2.75, 3.05) is 5.75 Å². The van der Waals surface area contributed by atoms with Crippen LogP contribution in [0.2, 0.25) is 0 Å². The number of rotatable bonds is 2. The first-order valence-corrected chi connectivity index (χ1v) is 4.99. The van der Waals surface area contributed by atoms with Gasteiger partial charge >= 0.3 is 0 Å². The van der Waals surface area contributed by atoms with Crippen LogP contribution in [0.1, 0.15) is 5.56 Å². The summed E-state index contributed by atoms with van der Waals surface area (Å²) in [5.74, 6) is -0.704. The molecule has 0 heterocycles. The maximum absolute atomic E-state index is 13.1. The highest BCUT2D eigenvalue weighted by molar-refractivity contribution is 9.10. The van der Waals surface area contributed by atoms with Crippen molar-refractivity contribution in [2.45, 2.75) is 0 Å². The normalized spacial score (nSPS) is 11.1. The van der Waals surface area contributed by atoms with Gasteiger partial charge in [0.1, 0.15) is 11.6 Å². The number of benzene rings is 1. The van der Waals surface area contributed by atoms with Gasteiger partial charge in [-0.1, -0.05) is 28.1 Å². The van der Waals surface area contributed by atoms with E-state index in [0.717, 1.165) is 0 Å². The van der Waals surface area contributed by atoms with E-state index < -0.39 is 11.6 Å². The molecule has 0 aromatic heterocycles. The first-order chi connectivity index (χ1) is 6.15. The Morgan fingerprint density at radius 3 is 2.31 bits per heavy atom. The van der Waals surface area contributed by atoms with Crippen LogP contribution < -0.4 is 0 Å². The summed E-state index contributed by atoms with van der Waals surface area (Å²) in [6, 6.07) is 2.45. The van der Waals surface area contributed by atoms with Crippen molar-refractivity contribution >= 4 is 34.6 Å². The van der Waals surface area contributed by atoms with Crippen LogP contribution in [0.25, 0.3) is 6.08 Å². The summed E-state index contributed by atoms with van der Waals surface area (Å²) < 4.78 is 26.6. The molecule has 0 spiro atoms. The van der Waals surface area contributed by atoms with E-state index in [1.165, 1.54) is 18.2 Å². The van der Waals surface area contributed by atoms with E-state index in [1.54, 1.807) is 6.08 Å². The molecule has 1 aromatic carbocycles. The Morgan fingerprint density at radius 1 is 1.31 bits per heavy atom. The van der Waals surface area contributed by atoms with E-state index >= 15 is 0 Å². The summed E-state index contributed by atoms with van der Waals surface area (Å²) >= 11 is 6.89. The predicted octanol–water partition coefficient (Wildman–Crippen LogP) is 3.67. The van der Waals surface area contributed by atoms with E-state index in [-0.39, 0.29) is 5.56 Å². The molecule has 0 saturated carbocycles. The average Bonchev–Trinajstić information content (AvgIpc) is 2.02. The van der Waals surface area contributed by atoms with E-state index in [4.69, 9.17) is 0 Å². The van der Waals surface area contributed by atoms with Crippen molar-refractivity contribution in [3.63, 3.8) is 0 Å². The predicted molar refractivity (Wildman–Crippen MR) is 56.9 cm³/mol. The Hall–Kier alpha value is -0.350. The molecule has 0 aliphatic rings. The molecule has 0 fully saturated rings. The van der Waals surface area contributed by atoms with Crippen LogP contribution in [-0.4, -0.2) is 5.75 Å². The SMILES string of the molecule is Fc1cc(Br)cc(F)c1C=CCS. The molecule has 0 atom stereocenters. The van der Waals surface area contributed by atoms with E-state index in [9.17, 15) is 8.78 Å². The third-order valence-electron chi connectivity index (χ3n) is 1.43. The molecule has 0 radical (unpaired) electrons.